The number of rotatable bonds is 5. The molecule has 2 fully saturated rings. The average molecular weight is 380 g/mol. The summed E-state index contributed by atoms with van der Waals surface area (Å²) in [6.07, 6.45) is 3.76. The SMILES string of the molecule is CCC(C)(CC1CCCC2C1C2(F)F)c1ccc(S(=O)(=O)[O-])cc1.[Na+]. The van der Waals surface area contributed by atoms with E-state index in [4.69, 9.17) is 0 Å². The van der Waals surface area contributed by atoms with Crippen molar-refractivity contribution in [2.45, 2.75) is 62.2 Å². The summed E-state index contributed by atoms with van der Waals surface area (Å²) < 4.78 is 61.0. The van der Waals surface area contributed by atoms with Crippen molar-refractivity contribution >= 4 is 10.1 Å². The first kappa shape index (κ1) is 21.3. The second-order valence-electron chi connectivity index (χ2n) is 7.59. The first-order chi connectivity index (χ1) is 11.1. The Morgan fingerprint density at radius 3 is 2.36 bits per heavy atom. The van der Waals surface area contributed by atoms with Crippen LogP contribution in [0.25, 0.3) is 0 Å². The van der Waals surface area contributed by atoms with E-state index in [0.717, 1.165) is 24.8 Å². The van der Waals surface area contributed by atoms with Gasteiger partial charge in [0.05, 0.1) is 4.90 Å². The van der Waals surface area contributed by atoms with E-state index in [9.17, 15) is 21.8 Å². The number of alkyl halides is 2. The summed E-state index contributed by atoms with van der Waals surface area (Å²) in [7, 11) is -4.47. The van der Waals surface area contributed by atoms with Crippen LogP contribution in [0.2, 0.25) is 0 Å². The Bertz CT molecular complexity index is 720. The van der Waals surface area contributed by atoms with Crippen LogP contribution >= 0.6 is 0 Å². The Hall–Kier alpha value is -0.0100. The van der Waals surface area contributed by atoms with Gasteiger partial charge in [0.1, 0.15) is 10.1 Å². The van der Waals surface area contributed by atoms with Crippen LogP contribution in [0.3, 0.4) is 0 Å². The van der Waals surface area contributed by atoms with Crippen LogP contribution in [0.4, 0.5) is 8.78 Å². The van der Waals surface area contributed by atoms with E-state index in [1.807, 2.05) is 13.8 Å². The maximum Gasteiger partial charge on any atom is 1.00 e. The predicted octanol–water partition coefficient (Wildman–Crippen LogP) is 1.33. The minimum atomic E-state index is -4.47. The molecule has 1 aromatic rings. The summed E-state index contributed by atoms with van der Waals surface area (Å²) in [5.74, 6) is -3.42. The van der Waals surface area contributed by atoms with E-state index in [1.54, 1.807) is 12.1 Å². The molecule has 0 saturated heterocycles. The molecular weight excluding hydrogens is 357 g/mol. The monoisotopic (exact) mass is 380 g/mol. The molecule has 4 unspecified atom stereocenters. The number of halogens is 2. The first-order valence-electron chi connectivity index (χ1n) is 8.54. The van der Waals surface area contributed by atoms with Gasteiger partial charge >= 0.3 is 29.6 Å². The summed E-state index contributed by atoms with van der Waals surface area (Å²) in [5.41, 5.74) is 0.611. The second kappa shape index (κ2) is 7.19. The van der Waals surface area contributed by atoms with Crippen molar-refractivity contribution in [1.82, 2.24) is 0 Å². The molecule has 25 heavy (non-hydrogen) atoms. The van der Waals surface area contributed by atoms with Crippen molar-refractivity contribution in [3.05, 3.63) is 29.8 Å². The molecule has 0 aromatic heterocycles. The number of benzene rings is 1. The molecule has 0 aliphatic heterocycles. The molecule has 2 aliphatic rings. The molecule has 3 nitrogen and oxygen atoms in total. The van der Waals surface area contributed by atoms with Gasteiger partial charge in [0.25, 0.3) is 5.92 Å². The Kier molecular flexibility index (Phi) is 6.12. The van der Waals surface area contributed by atoms with Crippen molar-refractivity contribution in [2.24, 2.45) is 17.8 Å². The minimum absolute atomic E-state index is 0. The van der Waals surface area contributed by atoms with Crippen LogP contribution in [0.1, 0.15) is 51.5 Å². The zero-order valence-electron chi connectivity index (χ0n) is 15.0. The van der Waals surface area contributed by atoms with Gasteiger partial charge in [0, 0.05) is 11.8 Å². The number of hydrogen-bond donors (Lipinski definition) is 0. The van der Waals surface area contributed by atoms with Crippen molar-refractivity contribution in [3.8, 4) is 0 Å². The number of fused-ring (bicyclic) bond motifs is 1. The molecule has 0 spiro atoms. The topological polar surface area (TPSA) is 57.2 Å². The molecule has 0 amide bonds. The molecule has 4 atom stereocenters. The van der Waals surface area contributed by atoms with Crippen LogP contribution in [0.5, 0.6) is 0 Å². The maximum atomic E-state index is 13.9. The number of hydrogen-bond acceptors (Lipinski definition) is 3. The summed E-state index contributed by atoms with van der Waals surface area (Å²) in [6, 6.07) is 5.95. The van der Waals surface area contributed by atoms with Crippen LogP contribution in [0, 0.1) is 17.8 Å². The first-order valence-corrected chi connectivity index (χ1v) is 9.94. The third-order valence-corrected chi connectivity index (χ3v) is 7.04. The van der Waals surface area contributed by atoms with Gasteiger partial charge in [-0.25, -0.2) is 17.2 Å². The molecule has 3 rings (SSSR count). The fourth-order valence-electron chi connectivity index (χ4n) is 4.51. The van der Waals surface area contributed by atoms with Crippen LogP contribution < -0.4 is 29.6 Å². The maximum absolute atomic E-state index is 13.9. The van der Waals surface area contributed by atoms with Gasteiger partial charge in [-0.1, -0.05) is 32.4 Å². The quantitative estimate of drug-likeness (QED) is 0.572. The normalized spacial score (nSPS) is 29.9. The van der Waals surface area contributed by atoms with Gasteiger partial charge in [0.15, 0.2) is 0 Å². The fourth-order valence-corrected chi connectivity index (χ4v) is 4.98. The Labute approximate surface area is 170 Å². The summed E-state index contributed by atoms with van der Waals surface area (Å²) in [4.78, 5) is -0.254. The molecular formula is C18H23F2NaO3S. The summed E-state index contributed by atoms with van der Waals surface area (Å²) >= 11 is 0. The smallest absolute Gasteiger partial charge is 0.744 e. The van der Waals surface area contributed by atoms with Crippen molar-refractivity contribution in [2.75, 3.05) is 0 Å². The largest absolute Gasteiger partial charge is 1.00 e. The van der Waals surface area contributed by atoms with Crippen molar-refractivity contribution < 1.29 is 51.3 Å². The predicted molar refractivity (Wildman–Crippen MR) is 85.9 cm³/mol. The van der Waals surface area contributed by atoms with E-state index < -0.39 is 27.9 Å². The van der Waals surface area contributed by atoms with Crippen molar-refractivity contribution in [1.29, 1.82) is 0 Å². The molecule has 134 valence electrons. The second-order valence-corrected chi connectivity index (χ2v) is 8.97. The molecule has 0 N–H and O–H groups in total. The van der Waals surface area contributed by atoms with Gasteiger partial charge in [-0.3, -0.25) is 0 Å². The Morgan fingerprint density at radius 2 is 1.84 bits per heavy atom. The molecule has 7 heteroatoms. The van der Waals surface area contributed by atoms with E-state index in [0.29, 0.717) is 12.8 Å². The molecule has 0 bridgehead atoms. The molecule has 2 saturated carbocycles. The molecule has 2 aliphatic carbocycles. The van der Waals surface area contributed by atoms with Gasteiger partial charge in [-0.2, -0.15) is 0 Å². The Morgan fingerprint density at radius 1 is 1.24 bits per heavy atom. The molecule has 0 radical (unpaired) electrons. The zero-order chi connectivity index (χ0) is 17.8. The molecule has 1 aromatic carbocycles. The minimum Gasteiger partial charge on any atom is -0.744 e. The van der Waals surface area contributed by atoms with Crippen LogP contribution in [-0.4, -0.2) is 18.9 Å². The van der Waals surface area contributed by atoms with Crippen molar-refractivity contribution in [3.63, 3.8) is 0 Å². The fraction of sp³-hybridized carbons (Fsp3) is 0.667. The van der Waals surface area contributed by atoms with E-state index >= 15 is 0 Å². The third kappa shape index (κ3) is 3.98. The van der Waals surface area contributed by atoms with E-state index in [1.165, 1.54) is 12.1 Å². The van der Waals surface area contributed by atoms with Crippen LogP contribution in [-0.2, 0) is 15.5 Å². The van der Waals surface area contributed by atoms with Crippen LogP contribution in [0.15, 0.2) is 29.2 Å². The zero-order valence-corrected chi connectivity index (χ0v) is 17.8. The van der Waals surface area contributed by atoms with Gasteiger partial charge in [-0.15, -0.1) is 0 Å². The van der Waals surface area contributed by atoms with E-state index in [-0.39, 0.29) is 45.8 Å². The average Bonchev–Trinajstić information content (AvgIpc) is 3.10. The third-order valence-electron chi connectivity index (χ3n) is 6.19. The van der Waals surface area contributed by atoms with Gasteiger partial charge < -0.3 is 4.55 Å². The molecule has 0 heterocycles. The standard InChI is InChI=1S/C18H24F2O3S.Na/c1-3-17(2,13-7-9-14(10-8-13)24(21,22)23)11-12-5-4-6-15-16(12)18(15,19)20;/h7-10,12,15-16H,3-6,11H2,1-2H3,(H,21,22,23);/q;+1/p-1. The van der Waals surface area contributed by atoms with E-state index in [2.05, 4.69) is 0 Å². The summed E-state index contributed by atoms with van der Waals surface area (Å²) in [5, 5.41) is 0. The van der Waals surface area contributed by atoms with Gasteiger partial charge in [0.2, 0.25) is 0 Å². The summed E-state index contributed by atoms with van der Waals surface area (Å²) in [6.45, 7) is 4.06. The van der Waals surface area contributed by atoms with Gasteiger partial charge in [-0.05, 0) is 54.7 Å². The Balaban J connectivity index is 0.00000225.